The van der Waals surface area contributed by atoms with E-state index in [1.165, 1.54) is 64.2 Å². The summed E-state index contributed by atoms with van der Waals surface area (Å²) < 4.78 is 12.8. The molecule has 28 heavy (non-hydrogen) atoms. The van der Waals surface area contributed by atoms with Crippen LogP contribution in [-0.2, 0) is 9.16 Å². The van der Waals surface area contributed by atoms with Crippen LogP contribution in [0.2, 0.25) is 18.1 Å². The molecule has 0 amide bonds. The minimum atomic E-state index is -1.83. The van der Waals surface area contributed by atoms with Crippen LogP contribution in [0.1, 0.15) is 111 Å². The van der Waals surface area contributed by atoms with E-state index in [4.69, 9.17) is 9.16 Å². The van der Waals surface area contributed by atoms with Crippen molar-refractivity contribution in [2.75, 3.05) is 0 Å². The highest BCUT2D eigenvalue weighted by Gasteiger charge is 2.42. The first kappa shape index (κ1) is 25.7. The summed E-state index contributed by atoms with van der Waals surface area (Å²) in [6, 6.07) is 2.28. The fourth-order valence-electron chi connectivity index (χ4n) is 3.74. The second-order valence-electron chi connectivity index (χ2n) is 10.3. The maximum Gasteiger partial charge on any atom is 0.192 e. The Morgan fingerprint density at radius 1 is 0.964 bits per heavy atom. The van der Waals surface area contributed by atoms with Gasteiger partial charge in [0.25, 0.3) is 0 Å². The highest BCUT2D eigenvalue weighted by Crippen LogP contribution is 2.39. The Bertz CT molecular complexity index is 453. The first-order chi connectivity index (χ1) is 13.2. The van der Waals surface area contributed by atoms with Gasteiger partial charge in [-0.3, -0.25) is 0 Å². The highest BCUT2D eigenvalue weighted by atomic mass is 28.4. The van der Waals surface area contributed by atoms with E-state index in [2.05, 4.69) is 46.9 Å². The van der Waals surface area contributed by atoms with E-state index in [0.717, 1.165) is 19.3 Å². The van der Waals surface area contributed by atoms with E-state index in [-0.39, 0.29) is 23.4 Å². The summed E-state index contributed by atoms with van der Waals surface area (Å²) in [7, 11) is -1.83. The Morgan fingerprint density at radius 2 is 1.50 bits per heavy atom. The smallest absolute Gasteiger partial charge is 0.192 e. The number of nitrogens with zero attached hydrogens (tertiary/aromatic N) is 1. The standard InChI is InChI=1S/C24H47NO2Si/c1-7-8-9-10-11-12-13-14-15-16-17-23(22-19-18-21(20-25)26-22)27-28(5,6)24(2,3)4/h21-23H,7-19H2,1-6H3/t21-,22+,23+/m1/s1. The van der Waals surface area contributed by atoms with Crippen LogP contribution in [0.4, 0.5) is 0 Å². The molecule has 0 N–H and O–H groups in total. The summed E-state index contributed by atoms with van der Waals surface area (Å²) in [5.74, 6) is 0. The van der Waals surface area contributed by atoms with Crippen LogP contribution in [0.15, 0.2) is 0 Å². The van der Waals surface area contributed by atoms with E-state index in [9.17, 15) is 5.26 Å². The van der Waals surface area contributed by atoms with Gasteiger partial charge in [0.1, 0.15) is 6.10 Å². The van der Waals surface area contributed by atoms with Crippen molar-refractivity contribution in [3.63, 3.8) is 0 Å². The van der Waals surface area contributed by atoms with Gasteiger partial charge in [0.05, 0.1) is 18.3 Å². The minimum absolute atomic E-state index is 0.109. The average molecular weight is 410 g/mol. The van der Waals surface area contributed by atoms with Crippen molar-refractivity contribution >= 4 is 8.32 Å². The van der Waals surface area contributed by atoms with Crippen LogP contribution in [-0.4, -0.2) is 26.6 Å². The van der Waals surface area contributed by atoms with Gasteiger partial charge in [-0.2, -0.15) is 5.26 Å². The lowest BCUT2D eigenvalue weighted by atomic mass is 10.0. The Balaban J connectivity index is 2.37. The van der Waals surface area contributed by atoms with Gasteiger partial charge in [-0.15, -0.1) is 0 Å². The third kappa shape index (κ3) is 9.42. The SMILES string of the molecule is CCCCCCCCCCCC[C@H](O[Si](C)(C)C(C)(C)C)[C@@H]1CC[C@H](C#N)O1. The predicted molar refractivity (Wildman–Crippen MR) is 122 cm³/mol. The van der Waals surface area contributed by atoms with Gasteiger partial charge in [0, 0.05) is 0 Å². The Morgan fingerprint density at radius 3 is 1.96 bits per heavy atom. The maximum atomic E-state index is 9.18. The zero-order chi connectivity index (χ0) is 21.0. The molecule has 3 nitrogen and oxygen atoms in total. The zero-order valence-corrected chi connectivity index (χ0v) is 20.7. The van der Waals surface area contributed by atoms with Crippen molar-refractivity contribution in [3.8, 4) is 6.07 Å². The van der Waals surface area contributed by atoms with Crippen LogP contribution in [0, 0.1) is 11.3 Å². The fraction of sp³-hybridized carbons (Fsp3) is 0.958. The van der Waals surface area contributed by atoms with Gasteiger partial charge in [-0.1, -0.05) is 91.9 Å². The molecule has 1 fully saturated rings. The van der Waals surface area contributed by atoms with E-state index in [0.29, 0.717) is 0 Å². The molecule has 0 aliphatic carbocycles. The topological polar surface area (TPSA) is 42.2 Å². The molecular weight excluding hydrogens is 362 g/mol. The minimum Gasteiger partial charge on any atom is -0.411 e. The van der Waals surface area contributed by atoms with Crippen LogP contribution in [0.5, 0.6) is 0 Å². The van der Waals surface area contributed by atoms with Gasteiger partial charge in [-0.05, 0) is 37.4 Å². The molecule has 1 heterocycles. The third-order valence-corrected chi connectivity index (χ3v) is 11.2. The molecule has 0 spiro atoms. The summed E-state index contributed by atoms with van der Waals surface area (Å²) in [6.45, 7) is 13.8. The molecule has 1 saturated heterocycles. The van der Waals surface area contributed by atoms with Crippen molar-refractivity contribution in [1.29, 1.82) is 5.26 Å². The molecule has 0 radical (unpaired) electrons. The molecular formula is C24H47NO2Si. The zero-order valence-electron chi connectivity index (χ0n) is 19.7. The summed E-state index contributed by atoms with van der Waals surface area (Å²) >= 11 is 0. The molecule has 0 unspecified atom stereocenters. The van der Waals surface area contributed by atoms with E-state index in [1.54, 1.807) is 0 Å². The van der Waals surface area contributed by atoms with E-state index >= 15 is 0 Å². The van der Waals surface area contributed by atoms with Crippen LogP contribution in [0.3, 0.4) is 0 Å². The largest absolute Gasteiger partial charge is 0.411 e. The second-order valence-corrected chi connectivity index (χ2v) is 15.0. The van der Waals surface area contributed by atoms with Gasteiger partial charge >= 0.3 is 0 Å². The summed E-state index contributed by atoms with van der Waals surface area (Å²) in [5, 5.41) is 9.39. The Hall–Kier alpha value is -0.373. The third-order valence-electron chi connectivity index (χ3n) is 6.71. The summed E-state index contributed by atoms with van der Waals surface area (Å²) in [4.78, 5) is 0. The van der Waals surface area contributed by atoms with Crippen molar-refractivity contribution in [3.05, 3.63) is 0 Å². The number of rotatable bonds is 14. The van der Waals surface area contributed by atoms with Gasteiger partial charge < -0.3 is 9.16 Å². The van der Waals surface area contributed by atoms with E-state index in [1.807, 2.05) is 0 Å². The molecule has 1 aliphatic heterocycles. The molecule has 3 atom stereocenters. The normalized spacial score (nSPS) is 21.6. The Labute approximate surface area is 176 Å². The van der Waals surface area contributed by atoms with Crippen molar-refractivity contribution in [1.82, 2.24) is 0 Å². The fourth-order valence-corrected chi connectivity index (χ4v) is 5.12. The Kier molecular flexibility index (Phi) is 11.9. The summed E-state index contributed by atoms with van der Waals surface area (Å²) in [6.07, 6.45) is 16.5. The molecule has 0 aromatic rings. The van der Waals surface area contributed by atoms with Crippen molar-refractivity contribution in [2.24, 2.45) is 0 Å². The molecule has 0 saturated carbocycles. The average Bonchev–Trinajstić information content (AvgIpc) is 3.10. The first-order valence-corrected chi connectivity index (χ1v) is 14.8. The monoisotopic (exact) mass is 409 g/mol. The molecule has 0 bridgehead atoms. The lowest BCUT2D eigenvalue weighted by molar-refractivity contribution is -0.0167. The van der Waals surface area contributed by atoms with Crippen LogP contribution < -0.4 is 0 Å². The number of ether oxygens (including phenoxy) is 1. The molecule has 0 aromatic carbocycles. The number of unbranched alkanes of at least 4 members (excludes halogenated alkanes) is 9. The summed E-state index contributed by atoms with van der Waals surface area (Å²) in [5.41, 5.74) is 0. The quantitative estimate of drug-likeness (QED) is 0.217. The maximum absolute atomic E-state index is 9.18. The van der Waals surface area contributed by atoms with Crippen LogP contribution >= 0.6 is 0 Å². The second kappa shape index (κ2) is 13.0. The first-order valence-electron chi connectivity index (χ1n) is 11.9. The van der Waals surface area contributed by atoms with Gasteiger partial charge in [-0.25, -0.2) is 0 Å². The predicted octanol–water partition coefficient (Wildman–Crippen LogP) is 7.76. The number of nitriles is 1. The molecule has 164 valence electrons. The van der Waals surface area contributed by atoms with Gasteiger partial charge in [0.2, 0.25) is 0 Å². The van der Waals surface area contributed by atoms with Crippen LogP contribution in [0.25, 0.3) is 0 Å². The molecule has 4 heteroatoms. The lowest BCUT2D eigenvalue weighted by Crippen LogP contribution is -2.47. The number of hydrogen-bond acceptors (Lipinski definition) is 3. The number of hydrogen-bond donors (Lipinski definition) is 0. The highest BCUT2D eigenvalue weighted by molar-refractivity contribution is 6.74. The van der Waals surface area contributed by atoms with E-state index < -0.39 is 8.32 Å². The van der Waals surface area contributed by atoms with Gasteiger partial charge in [0.15, 0.2) is 8.32 Å². The molecule has 1 aliphatic rings. The molecule has 0 aromatic heterocycles. The van der Waals surface area contributed by atoms with Crippen molar-refractivity contribution in [2.45, 2.75) is 148 Å². The lowest BCUT2D eigenvalue weighted by Gasteiger charge is -2.40. The van der Waals surface area contributed by atoms with Crippen molar-refractivity contribution < 1.29 is 9.16 Å². The molecule has 1 rings (SSSR count).